The third-order valence-electron chi connectivity index (χ3n) is 3.40. The van der Waals surface area contributed by atoms with Crippen molar-refractivity contribution in [1.29, 1.82) is 0 Å². The van der Waals surface area contributed by atoms with Crippen LogP contribution in [0.2, 0.25) is 0 Å². The van der Waals surface area contributed by atoms with Crippen molar-refractivity contribution < 1.29 is 4.79 Å². The Morgan fingerprint density at radius 3 is 2.85 bits per heavy atom. The monoisotopic (exact) mass is 307 g/mol. The van der Waals surface area contributed by atoms with Gasteiger partial charge in [-0.25, -0.2) is 5.84 Å². The molecule has 3 N–H and O–H groups in total. The number of nitrogen functional groups attached to an aromatic ring is 1. The summed E-state index contributed by atoms with van der Waals surface area (Å²) >= 11 is 3.26. The second-order valence-electron chi connectivity index (χ2n) is 5.01. The van der Waals surface area contributed by atoms with Crippen LogP contribution in [-0.4, -0.2) is 16.8 Å². The van der Waals surface area contributed by atoms with Crippen LogP contribution in [0, 0.1) is 0 Å². The van der Waals surface area contributed by atoms with Crippen molar-refractivity contribution in [2.24, 2.45) is 5.84 Å². The van der Waals surface area contributed by atoms with Crippen molar-refractivity contribution in [3.8, 4) is 0 Å². The maximum absolute atomic E-state index is 11.5. The fraction of sp³-hybridized carbons (Fsp3) is 0.357. The van der Waals surface area contributed by atoms with Gasteiger partial charge in [0.05, 0.1) is 4.88 Å². The Labute approximate surface area is 126 Å². The highest BCUT2D eigenvalue weighted by atomic mass is 32.1. The van der Waals surface area contributed by atoms with Gasteiger partial charge in [-0.1, -0.05) is 0 Å². The molecule has 1 aliphatic carbocycles. The van der Waals surface area contributed by atoms with E-state index in [0.29, 0.717) is 10.9 Å². The summed E-state index contributed by atoms with van der Waals surface area (Å²) in [6.45, 7) is 1.90. The van der Waals surface area contributed by atoms with Gasteiger partial charge in [0, 0.05) is 24.0 Å². The fourth-order valence-corrected chi connectivity index (χ4v) is 3.82. The fourth-order valence-electron chi connectivity index (χ4n) is 2.23. The van der Waals surface area contributed by atoms with E-state index in [1.54, 1.807) is 11.3 Å². The van der Waals surface area contributed by atoms with E-state index in [9.17, 15) is 4.79 Å². The highest BCUT2D eigenvalue weighted by Gasteiger charge is 2.29. The molecule has 2 aromatic rings. The molecule has 1 saturated carbocycles. The zero-order chi connectivity index (χ0) is 13.9. The summed E-state index contributed by atoms with van der Waals surface area (Å²) in [5, 5.41) is 4.33. The average Bonchev–Trinajstić information content (AvgIpc) is 2.99. The van der Waals surface area contributed by atoms with Gasteiger partial charge in [-0.05, 0) is 47.4 Å². The number of amides is 1. The Balaban J connectivity index is 1.67. The molecule has 0 unspecified atom stereocenters. The minimum absolute atomic E-state index is 0.211. The van der Waals surface area contributed by atoms with Crippen LogP contribution in [0.1, 0.15) is 33.0 Å². The van der Waals surface area contributed by atoms with Gasteiger partial charge in [0.2, 0.25) is 0 Å². The Kier molecular flexibility index (Phi) is 4.16. The summed E-state index contributed by atoms with van der Waals surface area (Å²) in [5.41, 5.74) is 3.55. The minimum atomic E-state index is -0.211. The van der Waals surface area contributed by atoms with Crippen molar-refractivity contribution in [2.75, 3.05) is 0 Å². The molecule has 0 saturated heterocycles. The lowest BCUT2D eigenvalue weighted by Gasteiger charge is -2.20. The van der Waals surface area contributed by atoms with Crippen LogP contribution in [0.15, 0.2) is 29.0 Å². The van der Waals surface area contributed by atoms with Crippen LogP contribution in [0.25, 0.3) is 0 Å². The van der Waals surface area contributed by atoms with Gasteiger partial charge in [-0.15, -0.1) is 11.3 Å². The predicted molar refractivity (Wildman–Crippen MR) is 82.6 cm³/mol. The van der Waals surface area contributed by atoms with E-state index in [-0.39, 0.29) is 5.91 Å². The molecule has 0 aliphatic heterocycles. The van der Waals surface area contributed by atoms with Crippen LogP contribution in [-0.2, 0) is 13.1 Å². The van der Waals surface area contributed by atoms with E-state index in [0.717, 1.165) is 13.1 Å². The maximum Gasteiger partial charge on any atom is 0.275 e. The number of hydrazine groups is 1. The lowest BCUT2D eigenvalue weighted by atomic mass is 10.3. The summed E-state index contributed by atoms with van der Waals surface area (Å²) in [5.74, 6) is 4.95. The number of thiophene rings is 2. The highest BCUT2D eigenvalue weighted by molar-refractivity contribution is 7.14. The van der Waals surface area contributed by atoms with Crippen LogP contribution in [0.5, 0.6) is 0 Å². The topological polar surface area (TPSA) is 58.4 Å². The molecule has 0 atom stereocenters. The molecule has 2 aromatic heterocycles. The van der Waals surface area contributed by atoms with Gasteiger partial charge in [-0.2, -0.15) is 11.3 Å². The van der Waals surface area contributed by atoms with E-state index in [1.165, 1.54) is 34.6 Å². The summed E-state index contributed by atoms with van der Waals surface area (Å²) in [7, 11) is 0. The standard InChI is InChI=1S/C14H17N3OS2/c15-16-14(18)13-4-3-12(20-13)8-17(11-1-2-11)7-10-5-6-19-9-10/h3-6,9,11H,1-2,7-8,15H2,(H,16,18). The molecular formula is C14H17N3OS2. The van der Waals surface area contributed by atoms with E-state index in [2.05, 4.69) is 27.2 Å². The lowest BCUT2D eigenvalue weighted by molar-refractivity contribution is 0.0957. The van der Waals surface area contributed by atoms with Gasteiger partial charge in [-0.3, -0.25) is 15.1 Å². The largest absolute Gasteiger partial charge is 0.291 e. The van der Waals surface area contributed by atoms with E-state index >= 15 is 0 Å². The van der Waals surface area contributed by atoms with Crippen molar-refractivity contribution in [2.45, 2.75) is 32.0 Å². The molecule has 1 amide bonds. The number of rotatable bonds is 6. The van der Waals surface area contributed by atoms with Crippen molar-refractivity contribution in [3.63, 3.8) is 0 Å². The van der Waals surface area contributed by atoms with Crippen molar-refractivity contribution in [1.82, 2.24) is 10.3 Å². The zero-order valence-corrected chi connectivity index (χ0v) is 12.7. The number of nitrogens with zero attached hydrogens (tertiary/aromatic N) is 1. The maximum atomic E-state index is 11.5. The first-order valence-corrected chi connectivity index (χ1v) is 8.37. The summed E-state index contributed by atoms with van der Waals surface area (Å²) in [6.07, 6.45) is 2.57. The molecule has 0 radical (unpaired) electrons. The van der Waals surface area contributed by atoms with Crippen LogP contribution in [0.3, 0.4) is 0 Å². The second-order valence-corrected chi connectivity index (χ2v) is 6.96. The molecule has 4 nitrogen and oxygen atoms in total. The van der Waals surface area contributed by atoms with E-state index in [4.69, 9.17) is 5.84 Å². The van der Waals surface area contributed by atoms with Gasteiger partial charge in [0.1, 0.15) is 0 Å². The summed E-state index contributed by atoms with van der Waals surface area (Å²) in [6, 6.07) is 6.75. The zero-order valence-electron chi connectivity index (χ0n) is 11.0. The molecule has 3 rings (SSSR count). The third-order valence-corrected chi connectivity index (χ3v) is 5.21. The SMILES string of the molecule is NNC(=O)c1ccc(CN(Cc2ccsc2)C2CC2)s1. The molecule has 20 heavy (non-hydrogen) atoms. The molecule has 106 valence electrons. The first kappa shape index (κ1) is 13.8. The van der Waals surface area contributed by atoms with E-state index < -0.39 is 0 Å². The third kappa shape index (κ3) is 3.27. The second kappa shape index (κ2) is 6.05. The van der Waals surface area contributed by atoms with Gasteiger partial charge in [0.15, 0.2) is 0 Å². The molecule has 1 aliphatic rings. The molecule has 0 spiro atoms. The number of carbonyl (C=O) groups excluding carboxylic acids is 1. The molecule has 6 heteroatoms. The van der Waals surface area contributed by atoms with Gasteiger partial charge < -0.3 is 0 Å². The Morgan fingerprint density at radius 2 is 2.20 bits per heavy atom. The van der Waals surface area contributed by atoms with Crippen LogP contribution < -0.4 is 11.3 Å². The predicted octanol–water partition coefficient (Wildman–Crippen LogP) is 2.58. The smallest absolute Gasteiger partial charge is 0.275 e. The van der Waals surface area contributed by atoms with Crippen molar-refractivity contribution >= 4 is 28.6 Å². The number of nitrogens with two attached hydrogens (primary N) is 1. The number of hydrogen-bond acceptors (Lipinski definition) is 5. The number of carbonyl (C=O) groups is 1. The molecule has 0 bridgehead atoms. The van der Waals surface area contributed by atoms with Crippen molar-refractivity contribution in [3.05, 3.63) is 44.3 Å². The first-order chi connectivity index (χ1) is 9.76. The Bertz CT molecular complexity index is 575. The quantitative estimate of drug-likeness (QED) is 0.490. The first-order valence-electron chi connectivity index (χ1n) is 6.61. The molecule has 1 fully saturated rings. The number of nitrogens with one attached hydrogen (secondary N) is 1. The highest BCUT2D eigenvalue weighted by Crippen LogP contribution is 2.31. The normalized spacial score (nSPS) is 14.7. The molecular weight excluding hydrogens is 290 g/mol. The minimum Gasteiger partial charge on any atom is -0.291 e. The lowest BCUT2D eigenvalue weighted by Crippen LogP contribution is -2.29. The van der Waals surface area contributed by atoms with Crippen LogP contribution >= 0.6 is 22.7 Å². The summed E-state index contributed by atoms with van der Waals surface area (Å²) in [4.78, 5) is 15.9. The Morgan fingerprint density at radius 1 is 1.35 bits per heavy atom. The average molecular weight is 307 g/mol. The van der Waals surface area contributed by atoms with E-state index in [1.807, 2.05) is 12.1 Å². The van der Waals surface area contributed by atoms with Crippen LogP contribution in [0.4, 0.5) is 0 Å². The Hall–Kier alpha value is -1.21. The number of hydrogen-bond donors (Lipinski definition) is 2. The van der Waals surface area contributed by atoms with Gasteiger partial charge >= 0.3 is 0 Å². The molecule has 2 heterocycles. The van der Waals surface area contributed by atoms with Gasteiger partial charge in [0.25, 0.3) is 5.91 Å². The summed E-state index contributed by atoms with van der Waals surface area (Å²) < 4.78 is 0. The molecule has 0 aromatic carbocycles.